The van der Waals surface area contributed by atoms with E-state index in [9.17, 15) is 22.7 Å². The van der Waals surface area contributed by atoms with Gasteiger partial charge in [-0.3, -0.25) is 0 Å². The Kier molecular flexibility index (Phi) is 5.54. The van der Waals surface area contributed by atoms with Gasteiger partial charge in [0.05, 0.1) is 12.5 Å². The molecule has 0 spiro atoms. The maximum Gasteiger partial charge on any atom is 0.275 e. The summed E-state index contributed by atoms with van der Waals surface area (Å²) in [6, 6.07) is 5.40. The van der Waals surface area contributed by atoms with Gasteiger partial charge in [0, 0.05) is 6.92 Å². The fourth-order valence-corrected chi connectivity index (χ4v) is 1.81. The summed E-state index contributed by atoms with van der Waals surface area (Å²) < 4.78 is 59.8. The third-order valence-corrected chi connectivity index (χ3v) is 2.92. The highest BCUT2D eigenvalue weighted by Gasteiger charge is 2.31. The molecule has 3 unspecified atom stereocenters. The van der Waals surface area contributed by atoms with E-state index in [4.69, 9.17) is 4.42 Å². The van der Waals surface area contributed by atoms with E-state index in [-0.39, 0.29) is 18.1 Å². The molecule has 23 heavy (non-hydrogen) atoms. The molecule has 5 nitrogen and oxygen atoms in total. The first-order chi connectivity index (χ1) is 10.9. The van der Waals surface area contributed by atoms with Gasteiger partial charge in [-0.25, -0.2) is 13.2 Å². The van der Waals surface area contributed by atoms with Crippen LogP contribution in [0.1, 0.15) is 23.4 Å². The molecule has 1 N–H and O–H groups in total. The Hall–Kier alpha value is -2.16. The van der Waals surface area contributed by atoms with E-state index in [1.165, 1.54) is 24.3 Å². The standard InChI is InChI=1S/C14H14F4N2O3/c1-7-19-20-11(22-7)6-10(21)8-3-2-4-9(5-8)23-14(18)12(15)13(16)17/h2-5,10,12-14,21H,6H2,1H3. The molecule has 1 heterocycles. The number of hydrogen-bond acceptors (Lipinski definition) is 5. The maximum atomic E-state index is 13.2. The second-order valence-corrected chi connectivity index (χ2v) is 4.76. The minimum atomic E-state index is -3.49. The molecular weight excluding hydrogens is 320 g/mol. The van der Waals surface area contributed by atoms with Crippen molar-refractivity contribution in [2.24, 2.45) is 0 Å². The normalized spacial score (nSPS) is 15.4. The van der Waals surface area contributed by atoms with Crippen molar-refractivity contribution in [3.63, 3.8) is 0 Å². The van der Waals surface area contributed by atoms with Crippen LogP contribution in [-0.2, 0) is 6.42 Å². The van der Waals surface area contributed by atoms with Crippen molar-refractivity contribution in [1.29, 1.82) is 0 Å². The molecule has 126 valence electrons. The van der Waals surface area contributed by atoms with Crippen molar-refractivity contribution < 1.29 is 31.8 Å². The average Bonchev–Trinajstić information content (AvgIpc) is 2.91. The molecule has 2 aromatic rings. The van der Waals surface area contributed by atoms with E-state index in [1.807, 2.05) is 0 Å². The predicted molar refractivity (Wildman–Crippen MR) is 70.6 cm³/mol. The van der Waals surface area contributed by atoms with E-state index in [2.05, 4.69) is 14.9 Å². The minimum absolute atomic E-state index is 0.00607. The van der Waals surface area contributed by atoms with Gasteiger partial charge in [0.25, 0.3) is 12.8 Å². The van der Waals surface area contributed by atoms with E-state index < -0.39 is 25.1 Å². The third kappa shape index (κ3) is 4.65. The molecule has 0 bridgehead atoms. The Morgan fingerprint density at radius 1 is 1.22 bits per heavy atom. The summed E-state index contributed by atoms with van der Waals surface area (Å²) in [5, 5.41) is 17.4. The summed E-state index contributed by atoms with van der Waals surface area (Å²) >= 11 is 0. The van der Waals surface area contributed by atoms with Crippen molar-refractivity contribution in [3.8, 4) is 5.75 Å². The van der Waals surface area contributed by atoms with Gasteiger partial charge in [0.2, 0.25) is 18.0 Å². The van der Waals surface area contributed by atoms with E-state index >= 15 is 0 Å². The fourth-order valence-electron chi connectivity index (χ4n) is 1.81. The lowest BCUT2D eigenvalue weighted by Gasteiger charge is -2.16. The second-order valence-electron chi connectivity index (χ2n) is 4.76. The highest BCUT2D eigenvalue weighted by molar-refractivity contribution is 5.30. The van der Waals surface area contributed by atoms with Gasteiger partial charge in [-0.15, -0.1) is 10.2 Å². The minimum Gasteiger partial charge on any atom is -0.457 e. The van der Waals surface area contributed by atoms with Crippen molar-refractivity contribution in [2.45, 2.75) is 38.4 Å². The van der Waals surface area contributed by atoms with Crippen molar-refractivity contribution >= 4 is 0 Å². The summed E-state index contributed by atoms with van der Waals surface area (Å²) in [5.74, 6) is 0.357. The molecule has 1 aromatic heterocycles. The van der Waals surface area contributed by atoms with Gasteiger partial charge in [-0.1, -0.05) is 12.1 Å². The number of benzene rings is 1. The molecule has 0 saturated heterocycles. The van der Waals surface area contributed by atoms with Gasteiger partial charge in [0.1, 0.15) is 5.75 Å². The molecule has 0 amide bonds. The monoisotopic (exact) mass is 334 g/mol. The number of alkyl halides is 4. The van der Waals surface area contributed by atoms with Crippen LogP contribution in [0.15, 0.2) is 28.7 Å². The summed E-state index contributed by atoms with van der Waals surface area (Å²) in [4.78, 5) is 0. The Labute approximate surface area is 128 Å². The Bertz CT molecular complexity index is 638. The molecule has 9 heteroatoms. The number of hydrogen-bond donors (Lipinski definition) is 1. The molecule has 0 radical (unpaired) electrons. The first-order valence-corrected chi connectivity index (χ1v) is 6.66. The van der Waals surface area contributed by atoms with E-state index in [0.29, 0.717) is 11.5 Å². The van der Waals surface area contributed by atoms with Crippen LogP contribution in [0, 0.1) is 6.92 Å². The van der Waals surface area contributed by atoms with Crippen molar-refractivity contribution in [2.75, 3.05) is 0 Å². The first-order valence-electron chi connectivity index (χ1n) is 6.66. The van der Waals surface area contributed by atoms with E-state index in [1.54, 1.807) is 6.92 Å². The summed E-state index contributed by atoms with van der Waals surface area (Å²) in [6.45, 7) is 1.59. The van der Waals surface area contributed by atoms with Crippen LogP contribution >= 0.6 is 0 Å². The Balaban J connectivity index is 2.04. The van der Waals surface area contributed by atoms with Crippen molar-refractivity contribution in [3.05, 3.63) is 41.6 Å². The van der Waals surface area contributed by atoms with Crippen LogP contribution in [0.25, 0.3) is 0 Å². The van der Waals surface area contributed by atoms with Crippen LogP contribution in [-0.4, -0.2) is 34.3 Å². The van der Waals surface area contributed by atoms with Crippen LogP contribution in [0.2, 0.25) is 0 Å². The maximum absolute atomic E-state index is 13.2. The SMILES string of the molecule is Cc1nnc(CC(O)c2cccc(OC(F)C(F)C(F)F)c2)o1. The third-order valence-electron chi connectivity index (χ3n) is 2.92. The zero-order valence-corrected chi connectivity index (χ0v) is 12.0. The van der Waals surface area contributed by atoms with Gasteiger partial charge < -0.3 is 14.3 Å². The van der Waals surface area contributed by atoms with Crippen LogP contribution < -0.4 is 4.74 Å². The highest BCUT2D eigenvalue weighted by atomic mass is 19.3. The van der Waals surface area contributed by atoms with Gasteiger partial charge in [0.15, 0.2) is 0 Å². The zero-order valence-electron chi connectivity index (χ0n) is 12.0. The lowest BCUT2D eigenvalue weighted by molar-refractivity contribution is -0.0751. The summed E-state index contributed by atoms with van der Waals surface area (Å²) in [6.07, 6.45) is -10.4. The quantitative estimate of drug-likeness (QED) is 0.789. The smallest absolute Gasteiger partial charge is 0.275 e. The van der Waals surface area contributed by atoms with Gasteiger partial charge >= 0.3 is 0 Å². The van der Waals surface area contributed by atoms with Crippen molar-refractivity contribution in [1.82, 2.24) is 10.2 Å². The van der Waals surface area contributed by atoms with E-state index in [0.717, 1.165) is 0 Å². The molecule has 2 rings (SSSR count). The summed E-state index contributed by atoms with van der Waals surface area (Å²) in [7, 11) is 0. The largest absolute Gasteiger partial charge is 0.457 e. The Morgan fingerprint density at radius 3 is 2.57 bits per heavy atom. The predicted octanol–water partition coefficient (Wildman–Crippen LogP) is 2.93. The number of nitrogens with zero attached hydrogens (tertiary/aromatic N) is 2. The lowest BCUT2D eigenvalue weighted by Crippen LogP contribution is -2.29. The number of ether oxygens (including phenoxy) is 1. The van der Waals surface area contributed by atoms with Crippen LogP contribution in [0.4, 0.5) is 17.6 Å². The number of aromatic nitrogens is 2. The lowest BCUT2D eigenvalue weighted by atomic mass is 10.1. The molecule has 0 aliphatic rings. The highest BCUT2D eigenvalue weighted by Crippen LogP contribution is 2.24. The van der Waals surface area contributed by atoms with Gasteiger partial charge in [-0.2, -0.15) is 4.39 Å². The van der Waals surface area contributed by atoms with Crippen LogP contribution in [0.3, 0.4) is 0 Å². The number of rotatable bonds is 7. The average molecular weight is 334 g/mol. The molecular formula is C14H14F4N2O3. The molecule has 0 aliphatic carbocycles. The molecule has 0 aliphatic heterocycles. The topological polar surface area (TPSA) is 68.4 Å². The molecule has 0 saturated carbocycles. The number of aliphatic hydroxyl groups excluding tert-OH is 1. The number of halogens is 4. The zero-order chi connectivity index (χ0) is 17.0. The first kappa shape index (κ1) is 17.2. The fraction of sp³-hybridized carbons (Fsp3) is 0.429. The molecule has 1 aromatic carbocycles. The summed E-state index contributed by atoms with van der Waals surface area (Å²) in [5.41, 5.74) is 0.304. The molecule has 0 fully saturated rings. The second kappa shape index (κ2) is 7.40. The van der Waals surface area contributed by atoms with Gasteiger partial charge in [-0.05, 0) is 17.7 Å². The van der Waals surface area contributed by atoms with Crippen LogP contribution in [0.5, 0.6) is 5.75 Å². The molecule has 3 atom stereocenters. The number of aryl methyl sites for hydroxylation is 1. The number of aliphatic hydroxyl groups is 1. The Morgan fingerprint density at radius 2 is 1.96 bits per heavy atom.